The summed E-state index contributed by atoms with van der Waals surface area (Å²) in [4.78, 5) is 51.6. The van der Waals surface area contributed by atoms with Crippen molar-refractivity contribution in [3.05, 3.63) is 44.1 Å². The first-order valence-electron chi connectivity index (χ1n) is 8.92. The number of aryl methyl sites for hydroxylation is 2. The first-order chi connectivity index (χ1) is 13.9. The Labute approximate surface area is 169 Å². The molecule has 1 aromatic carbocycles. The van der Waals surface area contributed by atoms with Crippen LogP contribution >= 0.6 is 7.82 Å². The van der Waals surface area contributed by atoms with Crippen molar-refractivity contribution in [1.82, 2.24) is 19.5 Å². The van der Waals surface area contributed by atoms with Gasteiger partial charge in [0.2, 0.25) is 0 Å². The predicted octanol–water partition coefficient (Wildman–Crippen LogP) is -0.577. The molecule has 0 saturated heterocycles. The average Bonchev–Trinajstić information content (AvgIpc) is 2.62. The normalized spacial score (nSPS) is 14.3. The van der Waals surface area contributed by atoms with Gasteiger partial charge >= 0.3 is 13.5 Å². The van der Waals surface area contributed by atoms with Crippen LogP contribution < -0.4 is 11.2 Å². The standard InChI is InChI=1S/C17H21N4O8P/c1-8-3-12-13(4-9(8)2)21(15-14(18-12)16(24)20-17(25)19-15)6-10(22)5-11(23)7-29-30(26,27)28/h3-4,10-11,22-23H,5-7H2,1-2H3,(H,20,24,25)(H2,26,27,28). The molecule has 0 bridgehead atoms. The zero-order valence-electron chi connectivity index (χ0n) is 16.1. The number of benzene rings is 1. The minimum atomic E-state index is -4.75. The van der Waals surface area contributed by atoms with Crippen LogP contribution in [0.4, 0.5) is 0 Å². The maximum absolute atomic E-state index is 12.2. The Balaban J connectivity index is 2.02. The minimum absolute atomic E-state index is 0.0282. The molecule has 0 amide bonds. The first kappa shape index (κ1) is 22.2. The molecule has 162 valence electrons. The summed E-state index contributed by atoms with van der Waals surface area (Å²) in [6.45, 7) is 2.90. The second-order valence-corrected chi connectivity index (χ2v) is 8.26. The molecule has 2 aliphatic rings. The third-order valence-corrected chi connectivity index (χ3v) is 5.08. The summed E-state index contributed by atoms with van der Waals surface area (Å²) >= 11 is 0. The van der Waals surface area contributed by atoms with Gasteiger partial charge in [0.05, 0.1) is 36.4 Å². The number of rotatable bonds is 7. The van der Waals surface area contributed by atoms with Crippen LogP contribution in [0.2, 0.25) is 0 Å². The Kier molecular flexibility index (Phi) is 6.18. The van der Waals surface area contributed by atoms with Crippen LogP contribution in [0.15, 0.2) is 21.7 Å². The number of H-pyrrole nitrogens is 1. The lowest BCUT2D eigenvalue weighted by Gasteiger charge is -2.21. The number of phosphoric ester groups is 1. The van der Waals surface area contributed by atoms with Crippen LogP contribution in [0.1, 0.15) is 17.5 Å². The maximum atomic E-state index is 12.2. The molecule has 1 aromatic rings. The lowest BCUT2D eigenvalue weighted by atomic mass is 10.1. The van der Waals surface area contributed by atoms with E-state index in [4.69, 9.17) is 9.79 Å². The highest BCUT2D eigenvalue weighted by Crippen LogP contribution is 2.35. The van der Waals surface area contributed by atoms with Gasteiger partial charge in [0.15, 0.2) is 11.5 Å². The van der Waals surface area contributed by atoms with Crippen molar-refractivity contribution in [2.45, 2.75) is 39.0 Å². The number of hydrogen-bond donors (Lipinski definition) is 5. The fraction of sp³-hybridized carbons (Fsp3) is 0.412. The Morgan fingerprint density at radius 3 is 2.47 bits per heavy atom. The summed E-state index contributed by atoms with van der Waals surface area (Å²) in [6.07, 6.45) is -2.85. The summed E-state index contributed by atoms with van der Waals surface area (Å²) in [5.74, 6) is -0.0282. The number of nitrogens with one attached hydrogen (secondary N) is 1. The van der Waals surface area contributed by atoms with E-state index in [0.29, 0.717) is 11.0 Å². The highest BCUT2D eigenvalue weighted by molar-refractivity contribution is 7.46. The van der Waals surface area contributed by atoms with Crippen molar-refractivity contribution in [2.75, 3.05) is 6.61 Å². The highest BCUT2D eigenvalue weighted by atomic mass is 31.2. The molecule has 0 radical (unpaired) electrons. The van der Waals surface area contributed by atoms with Crippen molar-refractivity contribution < 1.29 is 29.1 Å². The smallest absolute Gasteiger partial charge is 0.391 e. The van der Waals surface area contributed by atoms with Gasteiger partial charge in [-0.2, -0.15) is 4.98 Å². The molecule has 0 aliphatic carbocycles. The van der Waals surface area contributed by atoms with E-state index in [9.17, 15) is 24.4 Å². The molecule has 13 heteroatoms. The average molecular weight is 440 g/mol. The molecular formula is C17H21N4O8P. The number of aromatic amines is 1. The molecule has 2 heterocycles. The monoisotopic (exact) mass is 440 g/mol. The minimum Gasteiger partial charge on any atom is -0.391 e. The molecule has 5 N–H and O–H groups in total. The fourth-order valence-corrected chi connectivity index (χ4v) is 3.45. The Morgan fingerprint density at radius 1 is 1.13 bits per heavy atom. The lowest BCUT2D eigenvalue weighted by molar-refractivity contribution is 0.0339. The van der Waals surface area contributed by atoms with Crippen LogP contribution in [0, 0.1) is 13.8 Å². The van der Waals surface area contributed by atoms with E-state index in [1.165, 1.54) is 4.57 Å². The molecule has 0 fully saturated rings. The summed E-state index contributed by atoms with van der Waals surface area (Å²) < 4.78 is 16.4. The van der Waals surface area contributed by atoms with Crippen LogP contribution in [-0.4, -0.2) is 58.3 Å². The number of aliphatic hydroxyl groups is 2. The second-order valence-electron chi connectivity index (χ2n) is 7.02. The molecule has 3 rings (SSSR count). The topological polar surface area (TPSA) is 188 Å². The van der Waals surface area contributed by atoms with E-state index in [2.05, 4.69) is 19.5 Å². The molecule has 2 aliphatic heterocycles. The van der Waals surface area contributed by atoms with E-state index in [-0.39, 0.29) is 24.5 Å². The summed E-state index contributed by atoms with van der Waals surface area (Å²) in [7, 11) is -4.75. The Morgan fingerprint density at radius 2 is 1.80 bits per heavy atom. The van der Waals surface area contributed by atoms with E-state index in [1.54, 1.807) is 12.1 Å². The van der Waals surface area contributed by atoms with Crippen LogP contribution in [0.3, 0.4) is 0 Å². The van der Waals surface area contributed by atoms with Crippen LogP contribution in [0.5, 0.6) is 0 Å². The van der Waals surface area contributed by atoms with Gasteiger partial charge in [-0.05, 0) is 37.1 Å². The molecule has 2 atom stereocenters. The van der Waals surface area contributed by atoms with E-state index >= 15 is 0 Å². The molecule has 0 spiro atoms. The van der Waals surface area contributed by atoms with Crippen molar-refractivity contribution in [1.29, 1.82) is 0 Å². The van der Waals surface area contributed by atoms with Gasteiger partial charge < -0.3 is 24.6 Å². The van der Waals surface area contributed by atoms with Crippen molar-refractivity contribution in [3.8, 4) is 11.5 Å². The predicted molar refractivity (Wildman–Crippen MR) is 105 cm³/mol. The van der Waals surface area contributed by atoms with Gasteiger partial charge in [0.25, 0.3) is 5.56 Å². The third kappa shape index (κ3) is 4.98. The molecule has 12 nitrogen and oxygen atoms in total. The van der Waals surface area contributed by atoms with E-state index < -0.39 is 37.9 Å². The largest absolute Gasteiger partial charge is 0.469 e. The zero-order valence-corrected chi connectivity index (χ0v) is 17.0. The second kappa shape index (κ2) is 8.34. The van der Waals surface area contributed by atoms with Gasteiger partial charge in [-0.3, -0.25) is 14.3 Å². The van der Waals surface area contributed by atoms with Gasteiger partial charge in [-0.25, -0.2) is 14.3 Å². The van der Waals surface area contributed by atoms with Crippen molar-refractivity contribution >= 4 is 18.9 Å². The molecule has 0 aromatic heterocycles. The number of hydrogen-bond acceptors (Lipinski definition) is 8. The van der Waals surface area contributed by atoms with Crippen LogP contribution in [0.25, 0.3) is 22.6 Å². The molecule has 0 saturated carbocycles. The van der Waals surface area contributed by atoms with Crippen molar-refractivity contribution in [3.63, 3.8) is 0 Å². The van der Waals surface area contributed by atoms with Crippen molar-refractivity contribution in [2.24, 2.45) is 0 Å². The Bertz CT molecular complexity index is 1220. The quantitative estimate of drug-likeness (QED) is 0.235. The third-order valence-electron chi connectivity index (χ3n) is 4.60. The number of aliphatic hydroxyl groups excluding tert-OH is 2. The SMILES string of the molecule is Cc1cc2nc3c(=O)[nH]c(=O)nc-3n(CC(O)CC(O)COP(=O)(O)O)c2cc1C. The highest BCUT2D eigenvalue weighted by Gasteiger charge is 2.23. The van der Waals surface area contributed by atoms with Gasteiger partial charge in [0, 0.05) is 6.42 Å². The molecule has 2 unspecified atom stereocenters. The number of nitrogens with zero attached hydrogens (tertiary/aromatic N) is 3. The molecule has 30 heavy (non-hydrogen) atoms. The van der Waals surface area contributed by atoms with E-state index in [1.807, 2.05) is 13.8 Å². The fourth-order valence-electron chi connectivity index (χ4n) is 3.09. The van der Waals surface area contributed by atoms with Gasteiger partial charge in [-0.1, -0.05) is 0 Å². The molecular weight excluding hydrogens is 419 g/mol. The maximum Gasteiger partial charge on any atom is 0.469 e. The van der Waals surface area contributed by atoms with Gasteiger partial charge in [-0.15, -0.1) is 0 Å². The zero-order chi connectivity index (χ0) is 22.2. The number of aromatic nitrogens is 4. The van der Waals surface area contributed by atoms with Gasteiger partial charge in [0.1, 0.15) is 0 Å². The Hall–Kier alpha value is -2.47. The summed E-state index contributed by atoms with van der Waals surface area (Å²) in [5.41, 5.74) is 1.14. The number of fused-ring (bicyclic) bond motifs is 2. The summed E-state index contributed by atoms with van der Waals surface area (Å²) in [5, 5.41) is 20.3. The first-order valence-corrected chi connectivity index (χ1v) is 10.5. The van der Waals surface area contributed by atoms with E-state index in [0.717, 1.165) is 11.1 Å². The van der Waals surface area contributed by atoms with Crippen LogP contribution in [-0.2, 0) is 15.6 Å². The number of phosphoric acid groups is 1. The summed E-state index contributed by atoms with van der Waals surface area (Å²) in [6, 6.07) is 3.55. The lowest BCUT2D eigenvalue weighted by Crippen LogP contribution is -2.31.